The van der Waals surface area contributed by atoms with Crippen LogP contribution < -0.4 is 5.32 Å². The monoisotopic (exact) mass is 167 g/mol. The van der Waals surface area contributed by atoms with Crippen molar-refractivity contribution in [2.24, 2.45) is 0 Å². The minimum atomic E-state index is 0.681. The fraction of sp³-hybridized carbons (Fsp3) is 0. The molecule has 0 saturated carbocycles. The third kappa shape index (κ3) is 1.35. The average molecular weight is 167 g/mol. The number of nitrogens with one attached hydrogen (secondary N) is 2. The fourth-order valence-electron chi connectivity index (χ4n) is 0.657. The summed E-state index contributed by atoms with van der Waals surface area (Å²) in [6, 6.07) is 0. The summed E-state index contributed by atoms with van der Waals surface area (Å²) in [6.45, 7) is 0. The van der Waals surface area contributed by atoms with Crippen molar-refractivity contribution < 1.29 is 0 Å². The Morgan fingerprint density at radius 2 is 2.55 bits per heavy atom. The van der Waals surface area contributed by atoms with E-state index in [-0.39, 0.29) is 0 Å². The van der Waals surface area contributed by atoms with E-state index in [0.29, 0.717) is 5.82 Å². The number of hydrogen-bond acceptors (Lipinski definition) is 5. The number of hydrogen-bond donors (Lipinski definition) is 2. The molecule has 5 nitrogen and oxygen atoms in total. The highest BCUT2D eigenvalue weighted by Crippen LogP contribution is 2.14. The van der Waals surface area contributed by atoms with E-state index in [9.17, 15) is 0 Å². The van der Waals surface area contributed by atoms with Crippen LogP contribution in [0.25, 0.3) is 0 Å². The maximum atomic E-state index is 4.02. The summed E-state index contributed by atoms with van der Waals surface area (Å²) in [5.74, 6) is 0.681. The number of rotatable bonds is 2. The Bertz CT molecular complexity index is 267. The van der Waals surface area contributed by atoms with E-state index in [1.54, 1.807) is 12.4 Å². The minimum absolute atomic E-state index is 0.681. The van der Waals surface area contributed by atoms with Gasteiger partial charge in [-0.2, -0.15) is 10.3 Å². The zero-order valence-electron chi connectivity index (χ0n) is 5.48. The molecular formula is C5H5N5S. The van der Waals surface area contributed by atoms with Crippen molar-refractivity contribution in [3.8, 4) is 0 Å². The van der Waals surface area contributed by atoms with Gasteiger partial charge in [-0.25, -0.2) is 4.98 Å². The van der Waals surface area contributed by atoms with E-state index in [4.69, 9.17) is 0 Å². The van der Waals surface area contributed by atoms with E-state index in [2.05, 4.69) is 25.7 Å². The smallest absolute Gasteiger partial charge is 0.188 e. The molecule has 56 valence electrons. The highest BCUT2D eigenvalue weighted by atomic mass is 32.1. The van der Waals surface area contributed by atoms with Gasteiger partial charge in [0.2, 0.25) is 0 Å². The second-order valence-corrected chi connectivity index (χ2v) is 2.71. The highest BCUT2D eigenvalue weighted by molar-refractivity contribution is 7.13. The van der Waals surface area contributed by atoms with Crippen LogP contribution in [0.1, 0.15) is 0 Å². The van der Waals surface area contributed by atoms with Crippen LogP contribution in [-0.4, -0.2) is 20.4 Å². The van der Waals surface area contributed by atoms with Gasteiger partial charge in [0, 0.05) is 11.6 Å². The minimum Gasteiger partial charge on any atom is -0.313 e. The molecule has 0 spiro atoms. The molecule has 2 aromatic rings. The van der Waals surface area contributed by atoms with E-state index < -0.39 is 0 Å². The van der Waals surface area contributed by atoms with Crippen molar-refractivity contribution in [2.45, 2.75) is 0 Å². The molecule has 0 radical (unpaired) electrons. The van der Waals surface area contributed by atoms with Gasteiger partial charge in [-0.05, 0) is 0 Å². The Morgan fingerprint density at radius 3 is 3.18 bits per heavy atom. The van der Waals surface area contributed by atoms with Crippen LogP contribution >= 0.6 is 11.3 Å². The molecule has 2 heterocycles. The normalized spacial score (nSPS) is 9.82. The molecule has 0 fully saturated rings. The SMILES string of the molecule is c1csc(Nc2cn[nH]n2)n1. The Labute approximate surface area is 66.5 Å². The summed E-state index contributed by atoms with van der Waals surface area (Å²) in [4.78, 5) is 4.02. The van der Waals surface area contributed by atoms with Gasteiger partial charge in [0.25, 0.3) is 0 Å². The van der Waals surface area contributed by atoms with E-state index >= 15 is 0 Å². The quantitative estimate of drug-likeness (QED) is 0.700. The summed E-state index contributed by atoms with van der Waals surface area (Å²) in [7, 11) is 0. The molecule has 0 aliphatic heterocycles. The van der Waals surface area contributed by atoms with Crippen molar-refractivity contribution in [3.05, 3.63) is 17.8 Å². The zero-order valence-corrected chi connectivity index (χ0v) is 6.30. The van der Waals surface area contributed by atoms with Gasteiger partial charge in [0.15, 0.2) is 10.9 Å². The highest BCUT2D eigenvalue weighted by Gasteiger charge is 1.96. The first-order valence-electron chi connectivity index (χ1n) is 2.97. The first kappa shape index (κ1) is 6.29. The first-order chi connectivity index (χ1) is 5.45. The van der Waals surface area contributed by atoms with Gasteiger partial charge in [-0.1, -0.05) is 0 Å². The number of aromatic amines is 1. The summed E-state index contributed by atoms with van der Waals surface area (Å²) < 4.78 is 0. The lowest BCUT2D eigenvalue weighted by Crippen LogP contribution is -1.88. The fourth-order valence-corrected chi connectivity index (χ4v) is 1.19. The number of nitrogens with zero attached hydrogens (tertiary/aromatic N) is 3. The molecule has 0 aromatic carbocycles. The lowest BCUT2D eigenvalue weighted by molar-refractivity contribution is 0.942. The summed E-state index contributed by atoms with van der Waals surface area (Å²) in [5.41, 5.74) is 0. The van der Waals surface area contributed by atoms with Gasteiger partial charge in [-0.15, -0.1) is 16.4 Å². The zero-order chi connectivity index (χ0) is 7.52. The largest absolute Gasteiger partial charge is 0.313 e. The van der Waals surface area contributed by atoms with Crippen LogP contribution in [-0.2, 0) is 0 Å². The predicted octanol–water partition coefficient (Wildman–Crippen LogP) is 1.00. The Morgan fingerprint density at radius 1 is 1.55 bits per heavy atom. The number of thiazole rings is 1. The Kier molecular flexibility index (Phi) is 1.53. The van der Waals surface area contributed by atoms with Crippen molar-refractivity contribution >= 4 is 22.3 Å². The number of anilines is 2. The van der Waals surface area contributed by atoms with Crippen LogP contribution in [0.15, 0.2) is 17.8 Å². The summed E-state index contributed by atoms with van der Waals surface area (Å²) in [6.07, 6.45) is 3.33. The first-order valence-corrected chi connectivity index (χ1v) is 3.85. The topological polar surface area (TPSA) is 66.5 Å². The molecule has 0 atom stereocenters. The average Bonchev–Trinajstić information content (AvgIpc) is 2.60. The lowest BCUT2D eigenvalue weighted by atomic mass is 10.7. The second kappa shape index (κ2) is 2.67. The van der Waals surface area contributed by atoms with Crippen LogP contribution in [0.2, 0.25) is 0 Å². The van der Waals surface area contributed by atoms with E-state index in [1.165, 1.54) is 11.3 Å². The molecule has 0 amide bonds. The number of H-pyrrole nitrogens is 1. The third-order valence-electron chi connectivity index (χ3n) is 1.08. The Hall–Kier alpha value is -1.43. The molecule has 0 unspecified atom stereocenters. The second-order valence-electron chi connectivity index (χ2n) is 1.82. The van der Waals surface area contributed by atoms with Crippen molar-refractivity contribution in [1.29, 1.82) is 0 Å². The molecule has 2 N–H and O–H groups in total. The van der Waals surface area contributed by atoms with Gasteiger partial charge in [-0.3, -0.25) is 0 Å². The molecule has 11 heavy (non-hydrogen) atoms. The van der Waals surface area contributed by atoms with Crippen LogP contribution in [0.3, 0.4) is 0 Å². The van der Waals surface area contributed by atoms with Gasteiger partial charge in [0.1, 0.15) is 0 Å². The van der Waals surface area contributed by atoms with Crippen molar-refractivity contribution in [2.75, 3.05) is 5.32 Å². The van der Waals surface area contributed by atoms with Crippen LogP contribution in [0.5, 0.6) is 0 Å². The molecule has 6 heteroatoms. The molecule has 0 aliphatic rings. The lowest BCUT2D eigenvalue weighted by Gasteiger charge is -1.92. The van der Waals surface area contributed by atoms with Crippen LogP contribution in [0, 0.1) is 0 Å². The molecule has 2 aromatic heterocycles. The molecule has 0 aliphatic carbocycles. The number of aromatic nitrogens is 4. The summed E-state index contributed by atoms with van der Waals surface area (Å²) >= 11 is 1.52. The standard InChI is InChI=1S/C5H5N5S/c1-2-11-5(6-1)8-4-3-7-10-9-4/h1-3H,(H2,6,7,8,9,10). The maximum absolute atomic E-state index is 4.02. The maximum Gasteiger partial charge on any atom is 0.188 e. The van der Waals surface area contributed by atoms with Crippen molar-refractivity contribution in [3.63, 3.8) is 0 Å². The molecular weight excluding hydrogens is 162 g/mol. The van der Waals surface area contributed by atoms with Crippen LogP contribution in [0.4, 0.5) is 10.9 Å². The molecule has 2 rings (SSSR count). The third-order valence-corrected chi connectivity index (χ3v) is 1.77. The van der Waals surface area contributed by atoms with Crippen molar-refractivity contribution in [1.82, 2.24) is 20.4 Å². The Balaban J connectivity index is 2.14. The summed E-state index contributed by atoms with van der Waals surface area (Å²) in [5, 5.41) is 15.6. The van der Waals surface area contributed by atoms with Gasteiger partial charge < -0.3 is 5.32 Å². The van der Waals surface area contributed by atoms with Gasteiger partial charge >= 0.3 is 0 Å². The predicted molar refractivity (Wildman–Crippen MR) is 41.8 cm³/mol. The van der Waals surface area contributed by atoms with E-state index in [0.717, 1.165) is 5.13 Å². The molecule has 0 saturated heterocycles. The van der Waals surface area contributed by atoms with Gasteiger partial charge in [0.05, 0.1) is 6.20 Å². The molecule has 0 bridgehead atoms. The van der Waals surface area contributed by atoms with E-state index in [1.807, 2.05) is 5.38 Å².